The molecule has 0 radical (unpaired) electrons. The third-order valence-corrected chi connectivity index (χ3v) is 5.78. The Morgan fingerprint density at radius 1 is 1.34 bits per heavy atom. The fourth-order valence-electron chi connectivity index (χ4n) is 2.89. The fraction of sp³-hybridized carbons (Fsp3) is 0.211. The molecule has 0 amide bonds. The van der Waals surface area contributed by atoms with Crippen LogP contribution in [0.1, 0.15) is 11.1 Å². The summed E-state index contributed by atoms with van der Waals surface area (Å²) < 4.78 is 31.8. The van der Waals surface area contributed by atoms with Gasteiger partial charge in [-0.2, -0.15) is 8.42 Å². The highest BCUT2D eigenvalue weighted by atomic mass is 35.5. The summed E-state index contributed by atoms with van der Waals surface area (Å²) in [4.78, 5) is 16.3. The van der Waals surface area contributed by atoms with E-state index in [0.717, 1.165) is 5.56 Å². The summed E-state index contributed by atoms with van der Waals surface area (Å²) in [5.41, 5.74) is 1.44. The average molecular weight is 479 g/mol. The molecule has 11 nitrogen and oxygen atoms in total. The third-order valence-electron chi connectivity index (χ3n) is 4.24. The Labute approximate surface area is 189 Å². The molecule has 168 valence electrons. The lowest BCUT2D eigenvalue weighted by atomic mass is 10.2. The quantitative estimate of drug-likeness (QED) is 0.298. The van der Waals surface area contributed by atoms with Crippen molar-refractivity contribution in [1.82, 2.24) is 15.2 Å². The summed E-state index contributed by atoms with van der Waals surface area (Å²) in [5, 5.41) is 16.2. The molecule has 4 rings (SSSR count). The highest BCUT2D eigenvalue weighted by Crippen LogP contribution is 2.26. The van der Waals surface area contributed by atoms with Crippen LogP contribution < -0.4 is 5.32 Å². The summed E-state index contributed by atoms with van der Waals surface area (Å²) >= 11 is 5.68. The van der Waals surface area contributed by atoms with Crippen molar-refractivity contribution < 1.29 is 18.2 Å². The number of halogens is 1. The van der Waals surface area contributed by atoms with Crippen molar-refractivity contribution >= 4 is 33.5 Å². The molecule has 32 heavy (non-hydrogen) atoms. The molecule has 13 heteroatoms. The van der Waals surface area contributed by atoms with Crippen molar-refractivity contribution in [2.24, 2.45) is 9.50 Å². The Morgan fingerprint density at radius 3 is 2.81 bits per heavy atom. The Hall–Kier alpha value is -3.51. The SMILES string of the molecule is C=CCOC1=NS(=O)(=O)c2ccccc21.O=[N+]([O-])/N=C1\NCCN1Cc1ccc(Cl)nc1. The van der Waals surface area contributed by atoms with Crippen molar-refractivity contribution in [3.8, 4) is 0 Å². The highest BCUT2D eigenvalue weighted by molar-refractivity contribution is 7.90. The number of hydrazone groups is 1. The number of hydrogen-bond donors (Lipinski definition) is 1. The topological polar surface area (TPSA) is 139 Å². The van der Waals surface area contributed by atoms with Crippen molar-refractivity contribution in [1.29, 1.82) is 0 Å². The monoisotopic (exact) mass is 478 g/mol. The maximum Gasteiger partial charge on any atom is 0.286 e. The van der Waals surface area contributed by atoms with E-state index in [-0.39, 0.29) is 23.4 Å². The van der Waals surface area contributed by atoms with E-state index in [1.807, 2.05) is 6.07 Å². The zero-order chi connectivity index (χ0) is 23.1. The number of nitro groups is 1. The normalized spacial score (nSPS) is 17.0. The van der Waals surface area contributed by atoms with Gasteiger partial charge in [0, 0.05) is 25.8 Å². The minimum atomic E-state index is -3.56. The van der Waals surface area contributed by atoms with Gasteiger partial charge in [-0.3, -0.25) is 0 Å². The number of fused-ring (bicyclic) bond motifs is 1. The molecule has 3 heterocycles. The van der Waals surface area contributed by atoms with E-state index < -0.39 is 15.1 Å². The number of sulfonamides is 1. The maximum atomic E-state index is 11.5. The molecular weight excluding hydrogens is 460 g/mol. The number of ether oxygens (including phenoxy) is 1. The zero-order valence-corrected chi connectivity index (χ0v) is 18.3. The second kappa shape index (κ2) is 10.2. The zero-order valence-electron chi connectivity index (χ0n) is 16.7. The first-order valence-electron chi connectivity index (χ1n) is 9.30. The number of nitrogens with one attached hydrogen (secondary N) is 1. The molecule has 2 aliphatic rings. The molecule has 2 aromatic rings. The smallest absolute Gasteiger partial charge is 0.286 e. The summed E-state index contributed by atoms with van der Waals surface area (Å²) in [6, 6.07) is 10.1. The van der Waals surface area contributed by atoms with E-state index in [4.69, 9.17) is 16.3 Å². The molecule has 1 aromatic heterocycles. The van der Waals surface area contributed by atoms with Gasteiger partial charge in [-0.25, -0.2) is 15.1 Å². The molecule has 0 unspecified atom stereocenters. The van der Waals surface area contributed by atoms with Crippen molar-refractivity contribution in [3.63, 3.8) is 0 Å². The Bertz CT molecular complexity index is 1170. The van der Waals surface area contributed by atoms with Gasteiger partial charge in [0.05, 0.1) is 5.56 Å². The minimum Gasteiger partial charge on any atom is -0.472 e. The lowest BCUT2D eigenvalue weighted by Gasteiger charge is -2.14. The Morgan fingerprint density at radius 2 is 2.12 bits per heavy atom. The van der Waals surface area contributed by atoms with Gasteiger partial charge in [0.15, 0.2) is 5.03 Å². The van der Waals surface area contributed by atoms with Crippen LogP contribution in [0.2, 0.25) is 5.15 Å². The minimum absolute atomic E-state index is 0.144. The Balaban J connectivity index is 0.000000182. The van der Waals surface area contributed by atoms with Gasteiger partial charge >= 0.3 is 0 Å². The fourth-order valence-corrected chi connectivity index (χ4v) is 4.15. The van der Waals surface area contributed by atoms with Crippen LogP contribution in [0.25, 0.3) is 0 Å². The predicted octanol–water partition coefficient (Wildman–Crippen LogP) is 2.03. The van der Waals surface area contributed by atoms with Gasteiger partial charge in [-0.15, -0.1) is 4.40 Å². The lowest BCUT2D eigenvalue weighted by Crippen LogP contribution is -2.30. The van der Waals surface area contributed by atoms with Crippen molar-refractivity contribution in [3.05, 3.63) is 81.6 Å². The molecule has 0 aliphatic carbocycles. The molecule has 2 aliphatic heterocycles. The second-order valence-corrected chi connectivity index (χ2v) is 8.43. The van der Waals surface area contributed by atoms with Gasteiger partial charge in [0.25, 0.3) is 16.0 Å². The third kappa shape index (κ3) is 5.80. The standard InChI is InChI=1S/C10H9NO3S.C9H10ClN5O2/c1-2-7-14-10-8-5-3-4-6-9(8)15(12,13)11-10;10-8-2-1-7(5-12-8)6-14-4-3-11-9(14)13-15(16)17/h2-6H,1,7H2;1-2,5H,3-4,6H2,(H,11,13). The highest BCUT2D eigenvalue weighted by Gasteiger charge is 2.29. The van der Waals surface area contributed by atoms with Crippen molar-refractivity contribution in [2.75, 3.05) is 19.7 Å². The van der Waals surface area contributed by atoms with Crippen LogP contribution in [0.3, 0.4) is 0 Å². The summed E-state index contributed by atoms with van der Waals surface area (Å²) in [6.45, 7) is 5.56. The van der Waals surface area contributed by atoms with Crippen molar-refractivity contribution in [2.45, 2.75) is 11.4 Å². The Kier molecular flexibility index (Phi) is 7.38. The van der Waals surface area contributed by atoms with Gasteiger partial charge in [-0.1, -0.05) is 42.5 Å². The summed E-state index contributed by atoms with van der Waals surface area (Å²) in [6.07, 6.45) is 3.18. The van der Waals surface area contributed by atoms with E-state index in [9.17, 15) is 18.5 Å². The predicted molar refractivity (Wildman–Crippen MR) is 118 cm³/mol. The maximum absolute atomic E-state index is 11.5. The lowest BCUT2D eigenvalue weighted by molar-refractivity contribution is -0.485. The second-order valence-electron chi connectivity index (χ2n) is 6.47. The molecule has 1 saturated heterocycles. The number of guanidine groups is 1. The first-order chi connectivity index (χ1) is 15.3. The van der Waals surface area contributed by atoms with Gasteiger partial charge in [-0.05, 0) is 23.8 Å². The van der Waals surface area contributed by atoms with E-state index in [0.29, 0.717) is 30.4 Å². The van der Waals surface area contributed by atoms with E-state index >= 15 is 0 Å². The number of benzene rings is 1. The van der Waals surface area contributed by atoms with Crippen LogP contribution in [0.4, 0.5) is 0 Å². The molecular formula is C19H19ClN6O5S. The molecule has 0 spiro atoms. The average Bonchev–Trinajstić information content (AvgIpc) is 3.29. The summed E-state index contributed by atoms with van der Waals surface area (Å²) in [5.74, 6) is 0.426. The number of hydrogen-bond acceptors (Lipinski definition) is 6. The number of pyridine rings is 1. The van der Waals surface area contributed by atoms with E-state index in [1.54, 1.807) is 35.4 Å². The van der Waals surface area contributed by atoms with Crippen LogP contribution in [0.5, 0.6) is 0 Å². The van der Waals surface area contributed by atoms with E-state index in [2.05, 4.69) is 26.4 Å². The summed E-state index contributed by atoms with van der Waals surface area (Å²) in [7, 11) is -3.56. The number of rotatable bonds is 5. The number of nitrogens with zero attached hydrogens (tertiary/aromatic N) is 5. The van der Waals surface area contributed by atoms with Crippen LogP contribution in [0, 0.1) is 10.1 Å². The molecule has 0 atom stereocenters. The number of aromatic nitrogens is 1. The molecule has 0 saturated carbocycles. The van der Waals surface area contributed by atoms with Gasteiger partial charge < -0.3 is 15.0 Å². The molecule has 1 aromatic carbocycles. The molecule has 1 N–H and O–H groups in total. The molecule has 1 fully saturated rings. The van der Waals surface area contributed by atoms with Gasteiger partial charge in [0.2, 0.25) is 5.90 Å². The largest absolute Gasteiger partial charge is 0.472 e. The van der Waals surface area contributed by atoms with E-state index in [1.165, 1.54) is 12.1 Å². The van der Waals surface area contributed by atoms with Gasteiger partial charge in [0.1, 0.15) is 21.8 Å². The van der Waals surface area contributed by atoms with Crippen LogP contribution in [-0.2, 0) is 21.3 Å². The first kappa shape index (κ1) is 23.2. The van der Waals surface area contributed by atoms with Crippen LogP contribution in [0.15, 0.2) is 69.6 Å². The first-order valence-corrected chi connectivity index (χ1v) is 11.1. The van der Waals surface area contributed by atoms with Crippen LogP contribution >= 0.6 is 11.6 Å². The molecule has 0 bridgehead atoms. The van der Waals surface area contributed by atoms with Crippen LogP contribution in [-0.4, -0.2) is 54.9 Å².